The lowest BCUT2D eigenvalue weighted by molar-refractivity contribution is 0.0783. The van der Waals surface area contributed by atoms with Crippen LogP contribution in [0.4, 0.5) is 4.39 Å². The van der Waals surface area contributed by atoms with Crippen LogP contribution in [0.1, 0.15) is 24.4 Å². The number of hydrogen-bond donors (Lipinski definition) is 2. The molecule has 1 aliphatic rings. The molecule has 1 aliphatic heterocycles. The highest BCUT2D eigenvalue weighted by Gasteiger charge is 2.26. The van der Waals surface area contributed by atoms with Gasteiger partial charge in [-0.3, -0.25) is 11.3 Å². The maximum Gasteiger partial charge on any atom is 0.123 e. The smallest absolute Gasteiger partial charge is 0.123 e. The average molecular weight is 210 g/mol. The van der Waals surface area contributed by atoms with Gasteiger partial charge in [0.25, 0.3) is 0 Å². The molecule has 82 valence electrons. The SMILES string of the molecule is NNC(c1ccc(F)cc1)C1CCCO1. The van der Waals surface area contributed by atoms with E-state index in [4.69, 9.17) is 10.6 Å². The maximum atomic E-state index is 12.7. The fourth-order valence-corrected chi connectivity index (χ4v) is 1.95. The molecule has 0 radical (unpaired) electrons. The monoisotopic (exact) mass is 210 g/mol. The zero-order chi connectivity index (χ0) is 10.7. The summed E-state index contributed by atoms with van der Waals surface area (Å²) in [5.74, 6) is 5.26. The Bertz CT molecular complexity index is 309. The molecule has 1 heterocycles. The van der Waals surface area contributed by atoms with Crippen molar-refractivity contribution in [1.82, 2.24) is 5.43 Å². The van der Waals surface area contributed by atoms with Crippen LogP contribution in [0, 0.1) is 5.82 Å². The first-order valence-corrected chi connectivity index (χ1v) is 5.14. The van der Waals surface area contributed by atoms with Crippen LogP contribution in [0.5, 0.6) is 0 Å². The lowest BCUT2D eigenvalue weighted by atomic mass is 10.00. The van der Waals surface area contributed by atoms with E-state index in [2.05, 4.69) is 5.43 Å². The molecule has 2 rings (SSSR count). The Morgan fingerprint density at radius 3 is 2.67 bits per heavy atom. The topological polar surface area (TPSA) is 47.3 Å². The summed E-state index contributed by atoms with van der Waals surface area (Å²) < 4.78 is 18.3. The van der Waals surface area contributed by atoms with Gasteiger partial charge in [-0.2, -0.15) is 0 Å². The van der Waals surface area contributed by atoms with E-state index in [-0.39, 0.29) is 18.0 Å². The Labute approximate surface area is 88.4 Å². The molecule has 0 spiro atoms. The predicted molar refractivity (Wildman–Crippen MR) is 55.4 cm³/mol. The fraction of sp³-hybridized carbons (Fsp3) is 0.455. The van der Waals surface area contributed by atoms with Crippen LogP contribution < -0.4 is 11.3 Å². The third-order valence-electron chi connectivity index (χ3n) is 2.75. The number of benzene rings is 1. The van der Waals surface area contributed by atoms with Crippen molar-refractivity contribution in [3.8, 4) is 0 Å². The van der Waals surface area contributed by atoms with Crippen molar-refractivity contribution in [1.29, 1.82) is 0 Å². The average Bonchev–Trinajstić information content (AvgIpc) is 2.75. The highest BCUT2D eigenvalue weighted by Crippen LogP contribution is 2.26. The van der Waals surface area contributed by atoms with Gasteiger partial charge in [-0.05, 0) is 30.5 Å². The van der Waals surface area contributed by atoms with E-state index in [0.717, 1.165) is 25.0 Å². The first-order valence-electron chi connectivity index (χ1n) is 5.14. The van der Waals surface area contributed by atoms with Gasteiger partial charge in [0.15, 0.2) is 0 Å². The summed E-state index contributed by atoms with van der Waals surface area (Å²) in [6.07, 6.45) is 2.15. The van der Waals surface area contributed by atoms with Gasteiger partial charge >= 0.3 is 0 Å². The Morgan fingerprint density at radius 2 is 2.13 bits per heavy atom. The zero-order valence-electron chi connectivity index (χ0n) is 8.45. The molecule has 1 saturated heterocycles. The summed E-state index contributed by atoms with van der Waals surface area (Å²) in [4.78, 5) is 0. The van der Waals surface area contributed by atoms with Crippen LogP contribution in [0.2, 0.25) is 0 Å². The maximum absolute atomic E-state index is 12.7. The van der Waals surface area contributed by atoms with Crippen molar-refractivity contribution in [3.63, 3.8) is 0 Å². The number of rotatable bonds is 3. The van der Waals surface area contributed by atoms with Gasteiger partial charge < -0.3 is 4.74 Å². The highest BCUT2D eigenvalue weighted by atomic mass is 19.1. The van der Waals surface area contributed by atoms with E-state index in [1.165, 1.54) is 12.1 Å². The van der Waals surface area contributed by atoms with Crippen LogP contribution in [-0.4, -0.2) is 12.7 Å². The summed E-state index contributed by atoms with van der Waals surface area (Å²) in [5, 5.41) is 0. The van der Waals surface area contributed by atoms with Gasteiger partial charge in [-0.25, -0.2) is 4.39 Å². The molecule has 2 atom stereocenters. The minimum Gasteiger partial charge on any atom is -0.376 e. The molecule has 2 unspecified atom stereocenters. The second-order valence-corrected chi connectivity index (χ2v) is 3.75. The number of hydrogen-bond acceptors (Lipinski definition) is 3. The highest BCUT2D eigenvalue weighted by molar-refractivity contribution is 5.21. The second-order valence-electron chi connectivity index (χ2n) is 3.75. The number of nitrogens with one attached hydrogen (secondary N) is 1. The van der Waals surface area contributed by atoms with E-state index in [1.807, 2.05) is 0 Å². The van der Waals surface area contributed by atoms with Gasteiger partial charge in [0.2, 0.25) is 0 Å². The lowest BCUT2D eigenvalue weighted by Gasteiger charge is -2.22. The van der Waals surface area contributed by atoms with E-state index in [0.29, 0.717) is 0 Å². The van der Waals surface area contributed by atoms with Crippen LogP contribution in [0.3, 0.4) is 0 Å². The van der Waals surface area contributed by atoms with E-state index < -0.39 is 0 Å². The first kappa shape index (κ1) is 10.5. The van der Waals surface area contributed by atoms with Gasteiger partial charge in [0.1, 0.15) is 5.82 Å². The Balaban J connectivity index is 2.14. The quantitative estimate of drug-likeness (QED) is 0.587. The van der Waals surface area contributed by atoms with Crippen LogP contribution in [-0.2, 0) is 4.74 Å². The largest absolute Gasteiger partial charge is 0.376 e. The van der Waals surface area contributed by atoms with Crippen molar-refractivity contribution in [3.05, 3.63) is 35.6 Å². The van der Waals surface area contributed by atoms with Crippen LogP contribution >= 0.6 is 0 Å². The zero-order valence-corrected chi connectivity index (χ0v) is 8.45. The number of ether oxygens (including phenoxy) is 1. The van der Waals surface area contributed by atoms with Crippen molar-refractivity contribution in [2.75, 3.05) is 6.61 Å². The predicted octanol–water partition coefficient (Wildman–Crippen LogP) is 1.51. The van der Waals surface area contributed by atoms with E-state index >= 15 is 0 Å². The van der Waals surface area contributed by atoms with Gasteiger partial charge in [-0.1, -0.05) is 12.1 Å². The van der Waals surface area contributed by atoms with Crippen molar-refractivity contribution >= 4 is 0 Å². The molecule has 1 aromatic rings. The summed E-state index contributed by atoms with van der Waals surface area (Å²) in [6, 6.07) is 6.31. The standard InChI is InChI=1S/C11H15FN2O/c12-9-5-3-8(4-6-9)11(14-13)10-2-1-7-15-10/h3-6,10-11,14H,1-2,7,13H2. The number of nitrogens with two attached hydrogens (primary N) is 1. The molecule has 0 amide bonds. The first-order chi connectivity index (χ1) is 7.31. The normalized spacial score (nSPS) is 22.9. The van der Waals surface area contributed by atoms with E-state index in [1.54, 1.807) is 12.1 Å². The molecular formula is C11H15FN2O. The van der Waals surface area contributed by atoms with Gasteiger partial charge in [0, 0.05) is 6.61 Å². The van der Waals surface area contributed by atoms with Crippen molar-refractivity contribution in [2.24, 2.45) is 5.84 Å². The molecule has 4 heteroatoms. The van der Waals surface area contributed by atoms with Gasteiger partial charge in [0.05, 0.1) is 12.1 Å². The van der Waals surface area contributed by atoms with Crippen LogP contribution in [0.15, 0.2) is 24.3 Å². The van der Waals surface area contributed by atoms with E-state index in [9.17, 15) is 4.39 Å². The summed E-state index contributed by atoms with van der Waals surface area (Å²) in [7, 11) is 0. The molecule has 0 aromatic heterocycles. The minimum absolute atomic E-state index is 0.0481. The Morgan fingerprint density at radius 1 is 1.40 bits per heavy atom. The molecule has 1 fully saturated rings. The Hall–Kier alpha value is -0.970. The minimum atomic E-state index is -0.234. The molecule has 1 aromatic carbocycles. The van der Waals surface area contributed by atoms with Crippen molar-refractivity contribution in [2.45, 2.75) is 25.0 Å². The second kappa shape index (κ2) is 4.70. The fourth-order valence-electron chi connectivity index (χ4n) is 1.95. The molecule has 0 aliphatic carbocycles. The molecule has 0 bridgehead atoms. The summed E-state index contributed by atoms with van der Waals surface area (Å²) >= 11 is 0. The van der Waals surface area contributed by atoms with Crippen LogP contribution in [0.25, 0.3) is 0 Å². The van der Waals surface area contributed by atoms with Gasteiger partial charge in [-0.15, -0.1) is 0 Å². The number of hydrazine groups is 1. The third-order valence-corrected chi connectivity index (χ3v) is 2.75. The Kier molecular flexibility index (Phi) is 3.30. The summed E-state index contributed by atoms with van der Waals surface area (Å²) in [6.45, 7) is 0.782. The third kappa shape index (κ3) is 2.34. The molecule has 3 nitrogen and oxygen atoms in total. The molecule has 0 saturated carbocycles. The molecule has 3 N–H and O–H groups in total. The lowest BCUT2D eigenvalue weighted by Crippen LogP contribution is -2.36. The molecule has 15 heavy (non-hydrogen) atoms. The molecular weight excluding hydrogens is 195 g/mol. The van der Waals surface area contributed by atoms with Crippen molar-refractivity contribution < 1.29 is 9.13 Å². The number of halogens is 1. The summed E-state index contributed by atoms with van der Waals surface area (Å²) in [5.41, 5.74) is 3.70.